The Morgan fingerprint density at radius 2 is 2.00 bits per heavy atom. The highest BCUT2D eigenvalue weighted by molar-refractivity contribution is 7.11. The molecule has 0 aliphatic heterocycles. The molecule has 0 atom stereocenters. The number of nitrogens with zero attached hydrogens (tertiary/aromatic N) is 2. The highest BCUT2D eigenvalue weighted by Crippen LogP contribution is 2.28. The first kappa shape index (κ1) is 13.9. The van der Waals surface area contributed by atoms with E-state index in [0.29, 0.717) is 5.89 Å². The van der Waals surface area contributed by atoms with Crippen molar-refractivity contribution in [1.29, 1.82) is 0 Å². The zero-order valence-electron chi connectivity index (χ0n) is 12.6. The monoisotopic (exact) mass is 318 g/mol. The van der Waals surface area contributed by atoms with Crippen LogP contribution < -0.4 is 0 Å². The number of fused-ring (bicyclic) bond motifs is 1. The molecule has 112 valence electrons. The van der Waals surface area contributed by atoms with Gasteiger partial charge in [0.05, 0.1) is 5.69 Å². The third-order valence-electron chi connectivity index (χ3n) is 3.63. The molecule has 4 aromatic rings. The molecule has 0 aliphatic carbocycles. The Balaban J connectivity index is 1.71. The summed E-state index contributed by atoms with van der Waals surface area (Å²) in [7, 11) is 0. The van der Waals surface area contributed by atoms with E-state index in [9.17, 15) is 0 Å². The van der Waals surface area contributed by atoms with E-state index in [2.05, 4.69) is 23.0 Å². The molecule has 0 bridgehead atoms. The third kappa shape index (κ3) is 2.81. The third-order valence-corrected chi connectivity index (χ3v) is 4.44. The van der Waals surface area contributed by atoms with E-state index in [4.69, 9.17) is 4.42 Å². The number of thiophene rings is 1. The van der Waals surface area contributed by atoms with Crippen molar-refractivity contribution in [3.63, 3.8) is 0 Å². The van der Waals surface area contributed by atoms with Crippen LogP contribution >= 0.6 is 11.3 Å². The fourth-order valence-electron chi connectivity index (χ4n) is 2.43. The lowest BCUT2D eigenvalue weighted by Gasteiger charge is -1.98. The highest BCUT2D eigenvalue weighted by atomic mass is 32.1. The largest absolute Gasteiger partial charge is 0.436 e. The SMILES string of the molecule is Cc1ccccc1-c1nc2cc(N=Cc3cccs3)ccc2o1. The van der Waals surface area contributed by atoms with Crippen molar-refractivity contribution >= 4 is 34.3 Å². The number of benzene rings is 2. The predicted molar refractivity (Wildman–Crippen MR) is 95.8 cm³/mol. The first-order valence-corrected chi connectivity index (χ1v) is 8.22. The van der Waals surface area contributed by atoms with E-state index in [1.165, 1.54) is 0 Å². The molecule has 0 saturated heterocycles. The van der Waals surface area contributed by atoms with Crippen molar-refractivity contribution in [2.24, 2.45) is 4.99 Å². The predicted octanol–water partition coefficient (Wildman–Crippen LogP) is 5.62. The van der Waals surface area contributed by atoms with Crippen LogP contribution in [0.4, 0.5) is 5.69 Å². The molecule has 4 rings (SSSR count). The average molecular weight is 318 g/mol. The maximum atomic E-state index is 5.88. The van der Waals surface area contributed by atoms with Gasteiger partial charge in [-0.15, -0.1) is 11.3 Å². The molecule has 3 nitrogen and oxygen atoms in total. The standard InChI is InChI=1S/C19H14N2OS/c1-13-5-2-3-7-16(13)19-21-17-11-14(8-9-18(17)22-19)20-12-15-6-4-10-23-15/h2-12H,1H3. The highest BCUT2D eigenvalue weighted by Gasteiger charge is 2.10. The lowest BCUT2D eigenvalue weighted by Crippen LogP contribution is -1.81. The van der Waals surface area contributed by atoms with Crippen LogP contribution in [0.15, 0.2) is 69.4 Å². The molecule has 0 aliphatic rings. The van der Waals surface area contributed by atoms with E-state index in [1.54, 1.807) is 11.3 Å². The van der Waals surface area contributed by atoms with Gasteiger partial charge in [-0.1, -0.05) is 24.3 Å². The number of aromatic nitrogens is 1. The minimum absolute atomic E-state index is 0.650. The fraction of sp³-hybridized carbons (Fsp3) is 0.0526. The molecule has 2 aromatic carbocycles. The van der Waals surface area contributed by atoms with Crippen LogP contribution in [0.1, 0.15) is 10.4 Å². The first-order chi connectivity index (χ1) is 11.3. The maximum Gasteiger partial charge on any atom is 0.227 e. The molecule has 0 unspecified atom stereocenters. The first-order valence-electron chi connectivity index (χ1n) is 7.34. The molecule has 0 N–H and O–H groups in total. The summed E-state index contributed by atoms with van der Waals surface area (Å²) in [6.45, 7) is 2.06. The maximum absolute atomic E-state index is 5.88. The summed E-state index contributed by atoms with van der Waals surface area (Å²) in [5.41, 5.74) is 4.64. The molecule has 4 heteroatoms. The zero-order valence-corrected chi connectivity index (χ0v) is 13.4. The fourth-order valence-corrected chi connectivity index (χ4v) is 3.01. The summed E-state index contributed by atoms with van der Waals surface area (Å²) in [6.07, 6.45) is 1.87. The quantitative estimate of drug-likeness (QED) is 0.460. The van der Waals surface area contributed by atoms with Crippen molar-refractivity contribution in [1.82, 2.24) is 4.98 Å². The van der Waals surface area contributed by atoms with Gasteiger partial charge in [0.1, 0.15) is 5.52 Å². The molecule has 23 heavy (non-hydrogen) atoms. The van der Waals surface area contributed by atoms with E-state index in [0.717, 1.165) is 32.8 Å². The molecule has 2 heterocycles. The van der Waals surface area contributed by atoms with Gasteiger partial charge < -0.3 is 4.42 Å². The van der Waals surface area contributed by atoms with E-state index in [1.807, 2.05) is 60.1 Å². The average Bonchev–Trinajstić information content (AvgIpc) is 3.22. The van der Waals surface area contributed by atoms with Crippen molar-refractivity contribution < 1.29 is 4.42 Å². The van der Waals surface area contributed by atoms with Crippen LogP contribution in [0.2, 0.25) is 0 Å². The van der Waals surface area contributed by atoms with Crippen LogP contribution in [-0.2, 0) is 0 Å². The van der Waals surface area contributed by atoms with E-state index < -0.39 is 0 Å². The van der Waals surface area contributed by atoms with Gasteiger partial charge in [0.25, 0.3) is 0 Å². The lowest BCUT2D eigenvalue weighted by atomic mass is 10.1. The zero-order chi connectivity index (χ0) is 15.6. The van der Waals surface area contributed by atoms with Crippen LogP contribution in [0.5, 0.6) is 0 Å². The van der Waals surface area contributed by atoms with Gasteiger partial charge in [-0.05, 0) is 48.2 Å². The summed E-state index contributed by atoms with van der Waals surface area (Å²) >= 11 is 1.67. The normalized spacial score (nSPS) is 11.5. The van der Waals surface area contributed by atoms with Gasteiger partial charge in [-0.25, -0.2) is 4.98 Å². The van der Waals surface area contributed by atoms with Gasteiger partial charge in [-0.2, -0.15) is 0 Å². The molecule has 2 aromatic heterocycles. The van der Waals surface area contributed by atoms with Crippen LogP contribution in [0.25, 0.3) is 22.6 Å². The molecular weight excluding hydrogens is 304 g/mol. The molecule has 0 fully saturated rings. The topological polar surface area (TPSA) is 38.4 Å². The van der Waals surface area contributed by atoms with Gasteiger partial charge in [0.2, 0.25) is 5.89 Å². The second kappa shape index (κ2) is 5.82. The van der Waals surface area contributed by atoms with Crippen LogP contribution in [-0.4, -0.2) is 11.2 Å². The van der Waals surface area contributed by atoms with Gasteiger partial charge in [0.15, 0.2) is 5.58 Å². The van der Waals surface area contributed by atoms with Crippen molar-refractivity contribution in [3.05, 3.63) is 70.4 Å². The van der Waals surface area contributed by atoms with Crippen LogP contribution in [0.3, 0.4) is 0 Å². The summed E-state index contributed by atoms with van der Waals surface area (Å²) in [4.78, 5) is 10.2. The number of rotatable bonds is 3. The van der Waals surface area contributed by atoms with Crippen molar-refractivity contribution in [2.75, 3.05) is 0 Å². The second-order valence-corrected chi connectivity index (χ2v) is 6.24. The molecular formula is C19H14N2OS. The number of aryl methyl sites for hydroxylation is 1. The Morgan fingerprint density at radius 3 is 2.83 bits per heavy atom. The summed E-state index contributed by atoms with van der Waals surface area (Å²) in [6, 6.07) is 18.0. The Bertz CT molecular complexity index is 984. The van der Waals surface area contributed by atoms with E-state index in [-0.39, 0.29) is 0 Å². The van der Waals surface area contributed by atoms with Crippen molar-refractivity contribution in [2.45, 2.75) is 6.92 Å². The summed E-state index contributed by atoms with van der Waals surface area (Å²) in [5, 5.41) is 2.04. The molecule has 0 spiro atoms. The minimum Gasteiger partial charge on any atom is -0.436 e. The summed E-state index contributed by atoms with van der Waals surface area (Å²) in [5.74, 6) is 0.650. The lowest BCUT2D eigenvalue weighted by molar-refractivity contribution is 0.619. The van der Waals surface area contributed by atoms with Gasteiger partial charge in [-0.3, -0.25) is 4.99 Å². The number of oxazole rings is 1. The Hall–Kier alpha value is -2.72. The smallest absolute Gasteiger partial charge is 0.227 e. The minimum atomic E-state index is 0.650. The Labute approximate surface area is 138 Å². The Morgan fingerprint density at radius 1 is 1.09 bits per heavy atom. The van der Waals surface area contributed by atoms with Crippen LogP contribution in [0, 0.1) is 6.92 Å². The molecule has 0 saturated carbocycles. The van der Waals surface area contributed by atoms with Gasteiger partial charge in [0, 0.05) is 16.7 Å². The summed E-state index contributed by atoms with van der Waals surface area (Å²) < 4.78 is 5.88. The van der Waals surface area contributed by atoms with Gasteiger partial charge >= 0.3 is 0 Å². The second-order valence-electron chi connectivity index (χ2n) is 5.26. The number of hydrogen-bond donors (Lipinski definition) is 0. The number of aliphatic imine (C=N–C) groups is 1. The molecule has 0 amide bonds. The van der Waals surface area contributed by atoms with Crippen molar-refractivity contribution in [3.8, 4) is 11.5 Å². The molecule has 0 radical (unpaired) electrons. The van der Waals surface area contributed by atoms with E-state index >= 15 is 0 Å². The Kier molecular flexibility index (Phi) is 3.52. The number of hydrogen-bond acceptors (Lipinski definition) is 4.